The molecule has 0 amide bonds. The predicted molar refractivity (Wildman–Crippen MR) is 81.4 cm³/mol. The van der Waals surface area contributed by atoms with Gasteiger partial charge < -0.3 is 5.32 Å². The highest BCUT2D eigenvalue weighted by atomic mass is 32.2. The molecule has 0 aliphatic carbocycles. The minimum absolute atomic E-state index is 0.434. The van der Waals surface area contributed by atoms with Gasteiger partial charge in [-0.05, 0) is 45.2 Å². The third kappa shape index (κ3) is 3.75. The summed E-state index contributed by atoms with van der Waals surface area (Å²) in [6.07, 6.45) is 2.31. The van der Waals surface area contributed by atoms with Gasteiger partial charge in [-0.2, -0.15) is 16.9 Å². The normalized spacial score (nSPS) is 12.9. The summed E-state index contributed by atoms with van der Waals surface area (Å²) >= 11 is 2.01. The average Bonchev–Trinajstić information content (AvgIpc) is 2.64. The Kier molecular flexibility index (Phi) is 6.79. The SMILES string of the molecule is CCSCCCn1nc(C)c(C(CC)NC)c1C. The lowest BCUT2D eigenvalue weighted by molar-refractivity contribution is 0.560. The summed E-state index contributed by atoms with van der Waals surface area (Å²) in [5, 5.41) is 8.07. The Morgan fingerprint density at radius 2 is 2.06 bits per heavy atom. The lowest BCUT2D eigenvalue weighted by Crippen LogP contribution is -2.17. The van der Waals surface area contributed by atoms with Gasteiger partial charge in [-0.15, -0.1) is 0 Å². The van der Waals surface area contributed by atoms with Gasteiger partial charge in [0.2, 0.25) is 0 Å². The van der Waals surface area contributed by atoms with Gasteiger partial charge >= 0.3 is 0 Å². The third-order valence-corrected chi connectivity index (χ3v) is 4.39. The first-order chi connectivity index (χ1) is 8.65. The van der Waals surface area contributed by atoms with Crippen molar-refractivity contribution in [2.75, 3.05) is 18.6 Å². The van der Waals surface area contributed by atoms with Crippen LogP contribution in [0.4, 0.5) is 0 Å². The van der Waals surface area contributed by atoms with Crippen molar-refractivity contribution in [3.05, 3.63) is 17.0 Å². The van der Waals surface area contributed by atoms with Gasteiger partial charge in [0, 0.05) is 23.8 Å². The molecule has 1 heterocycles. The van der Waals surface area contributed by atoms with E-state index in [9.17, 15) is 0 Å². The lowest BCUT2D eigenvalue weighted by atomic mass is 10.0. The number of nitrogens with one attached hydrogen (secondary N) is 1. The molecule has 0 saturated heterocycles. The molecule has 0 aliphatic heterocycles. The average molecular weight is 269 g/mol. The summed E-state index contributed by atoms with van der Waals surface area (Å²) in [7, 11) is 2.03. The Labute approximate surface area is 116 Å². The number of aryl methyl sites for hydroxylation is 2. The van der Waals surface area contributed by atoms with Gasteiger partial charge in [-0.3, -0.25) is 4.68 Å². The monoisotopic (exact) mass is 269 g/mol. The largest absolute Gasteiger partial charge is 0.313 e. The number of rotatable bonds is 8. The molecule has 0 bridgehead atoms. The summed E-state index contributed by atoms with van der Waals surface area (Å²) in [6, 6.07) is 0.434. The minimum atomic E-state index is 0.434. The molecule has 18 heavy (non-hydrogen) atoms. The second kappa shape index (κ2) is 7.85. The summed E-state index contributed by atoms with van der Waals surface area (Å²) in [5.41, 5.74) is 3.90. The Morgan fingerprint density at radius 1 is 1.33 bits per heavy atom. The third-order valence-electron chi connectivity index (χ3n) is 3.41. The van der Waals surface area contributed by atoms with Crippen molar-refractivity contribution in [1.29, 1.82) is 0 Å². The standard InChI is InChI=1S/C14H27N3S/c1-6-13(15-5)14-11(3)16-17(12(14)4)9-8-10-18-7-2/h13,15H,6-10H2,1-5H3. The molecule has 1 aromatic rings. The Balaban J connectivity index is 2.74. The minimum Gasteiger partial charge on any atom is -0.313 e. The second-order valence-corrected chi connectivity index (χ2v) is 6.00. The van der Waals surface area contributed by atoms with Crippen LogP contribution in [-0.4, -0.2) is 28.3 Å². The molecule has 1 aromatic heterocycles. The first kappa shape index (κ1) is 15.6. The van der Waals surface area contributed by atoms with Crippen molar-refractivity contribution in [1.82, 2.24) is 15.1 Å². The van der Waals surface area contributed by atoms with Crippen molar-refractivity contribution in [3.63, 3.8) is 0 Å². The van der Waals surface area contributed by atoms with E-state index in [1.807, 2.05) is 18.8 Å². The van der Waals surface area contributed by atoms with Gasteiger partial charge in [0.1, 0.15) is 0 Å². The molecule has 1 N–H and O–H groups in total. The van der Waals surface area contributed by atoms with E-state index in [-0.39, 0.29) is 0 Å². The second-order valence-electron chi connectivity index (χ2n) is 4.61. The van der Waals surface area contributed by atoms with E-state index >= 15 is 0 Å². The van der Waals surface area contributed by atoms with Gasteiger partial charge in [-0.25, -0.2) is 0 Å². The quantitative estimate of drug-likeness (QED) is 0.734. The molecule has 0 fully saturated rings. The summed E-state index contributed by atoms with van der Waals surface area (Å²) in [6.45, 7) is 9.79. The van der Waals surface area contributed by atoms with Crippen LogP contribution in [0.1, 0.15) is 49.7 Å². The van der Waals surface area contributed by atoms with E-state index in [2.05, 4.69) is 37.7 Å². The predicted octanol–water partition coefficient (Wildman–Crippen LogP) is 3.31. The summed E-state index contributed by atoms with van der Waals surface area (Å²) in [4.78, 5) is 0. The Morgan fingerprint density at radius 3 is 2.61 bits per heavy atom. The molecule has 104 valence electrons. The highest BCUT2D eigenvalue weighted by molar-refractivity contribution is 7.99. The van der Waals surface area contributed by atoms with Gasteiger partial charge in [0.15, 0.2) is 0 Å². The van der Waals surface area contributed by atoms with Gasteiger partial charge in [0.05, 0.1) is 5.69 Å². The molecular weight excluding hydrogens is 242 g/mol. The van der Waals surface area contributed by atoms with Crippen LogP contribution >= 0.6 is 11.8 Å². The van der Waals surface area contributed by atoms with E-state index in [1.165, 1.54) is 34.9 Å². The summed E-state index contributed by atoms with van der Waals surface area (Å²) in [5.74, 6) is 2.44. The molecule has 1 unspecified atom stereocenters. The fraction of sp³-hybridized carbons (Fsp3) is 0.786. The zero-order valence-corrected chi connectivity index (χ0v) is 13.2. The van der Waals surface area contributed by atoms with Crippen LogP contribution < -0.4 is 5.32 Å². The number of hydrogen-bond donors (Lipinski definition) is 1. The molecule has 1 rings (SSSR count). The molecule has 0 spiro atoms. The molecule has 1 atom stereocenters. The smallest absolute Gasteiger partial charge is 0.0644 e. The van der Waals surface area contributed by atoms with Crippen molar-refractivity contribution in [3.8, 4) is 0 Å². The van der Waals surface area contributed by atoms with E-state index in [4.69, 9.17) is 5.10 Å². The van der Waals surface area contributed by atoms with E-state index in [1.54, 1.807) is 0 Å². The lowest BCUT2D eigenvalue weighted by Gasteiger charge is -2.14. The van der Waals surface area contributed by atoms with Crippen molar-refractivity contribution in [2.45, 2.75) is 53.1 Å². The highest BCUT2D eigenvalue weighted by Gasteiger charge is 2.17. The van der Waals surface area contributed by atoms with Gasteiger partial charge in [0.25, 0.3) is 0 Å². The number of aromatic nitrogens is 2. The number of nitrogens with zero attached hydrogens (tertiary/aromatic N) is 2. The van der Waals surface area contributed by atoms with Crippen LogP contribution in [0.25, 0.3) is 0 Å². The number of thioether (sulfide) groups is 1. The molecule has 3 nitrogen and oxygen atoms in total. The van der Waals surface area contributed by atoms with Crippen LogP contribution in [0.15, 0.2) is 0 Å². The Hall–Kier alpha value is -0.480. The zero-order chi connectivity index (χ0) is 13.5. The van der Waals surface area contributed by atoms with Crippen LogP contribution in [0.2, 0.25) is 0 Å². The van der Waals surface area contributed by atoms with Crippen LogP contribution in [0, 0.1) is 13.8 Å². The van der Waals surface area contributed by atoms with Crippen molar-refractivity contribution < 1.29 is 0 Å². The topological polar surface area (TPSA) is 29.9 Å². The van der Waals surface area contributed by atoms with E-state index in [0.29, 0.717) is 6.04 Å². The Bertz CT molecular complexity index is 356. The number of hydrogen-bond acceptors (Lipinski definition) is 3. The highest BCUT2D eigenvalue weighted by Crippen LogP contribution is 2.24. The van der Waals surface area contributed by atoms with Crippen molar-refractivity contribution in [2.24, 2.45) is 0 Å². The molecular formula is C14H27N3S. The maximum Gasteiger partial charge on any atom is 0.0644 e. The maximum absolute atomic E-state index is 4.69. The molecule has 0 radical (unpaired) electrons. The van der Waals surface area contributed by atoms with E-state index in [0.717, 1.165) is 13.0 Å². The first-order valence-corrected chi connectivity index (χ1v) is 8.10. The summed E-state index contributed by atoms with van der Waals surface area (Å²) < 4.78 is 2.18. The fourth-order valence-corrected chi connectivity index (χ4v) is 3.07. The molecule has 0 aromatic carbocycles. The molecule has 4 heteroatoms. The molecule has 0 aliphatic rings. The zero-order valence-electron chi connectivity index (χ0n) is 12.4. The maximum atomic E-state index is 4.69. The van der Waals surface area contributed by atoms with Crippen molar-refractivity contribution >= 4 is 11.8 Å². The van der Waals surface area contributed by atoms with Gasteiger partial charge in [-0.1, -0.05) is 13.8 Å². The molecule has 0 saturated carbocycles. The van der Waals surface area contributed by atoms with Crippen LogP contribution in [0.3, 0.4) is 0 Å². The van der Waals surface area contributed by atoms with Crippen LogP contribution in [0.5, 0.6) is 0 Å². The van der Waals surface area contributed by atoms with Crippen LogP contribution in [-0.2, 0) is 6.54 Å². The first-order valence-electron chi connectivity index (χ1n) is 6.94. The van der Waals surface area contributed by atoms with E-state index < -0.39 is 0 Å². The fourth-order valence-electron chi connectivity index (χ4n) is 2.45.